The van der Waals surface area contributed by atoms with Gasteiger partial charge >= 0.3 is 5.97 Å². The molecule has 3 nitrogen and oxygen atoms in total. The molecule has 0 saturated carbocycles. The highest BCUT2D eigenvalue weighted by Crippen LogP contribution is 2.22. The molecular formula is C14H12O3. The molecule has 1 N–H and O–H groups in total. The van der Waals surface area contributed by atoms with Crippen molar-refractivity contribution in [2.45, 2.75) is 12.8 Å². The van der Waals surface area contributed by atoms with Gasteiger partial charge < -0.3 is 5.11 Å². The lowest BCUT2D eigenvalue weighted by molar-refractivity contribution is -0.136. The van der Waals surface area contributed by atoms with Gasteiger partial charge in [0.15, 0.2) is 6.29 Å². The molecular weight excluding hydrogens is 216 g/mol. The number of carboxylic acids is 1. The van der Waals surface area contributed by atoms with Gasteiger partial charge in [-0.2, -0.15) is 0 Å². The lowest BCUT2D eigenvalue weighted by Gasteiger charge is -2.07. The summed E-state index contributed by atoms with van der Waals surface area (Å²) in [6, 6.07) is 11.3. The van der Waals surface area contributed by atoms with E-state index in [9.17, 15) is 9.59 Å². The van der Waals surface area contributed by atoms with E-state index in [0.29, 0.717) is 12.0 Å². The Kier molecular flexibility index (Phi) is 3.19. The first-order valence-corrected chi connectivity index (χ1v) is 5.40. The van der Waals surface area contributed by atoms with Gasteiger partial charge in [0.25, 0.3) is 0 Å². The number of carbonyl (C=O) groups excluding carboxylic acids is 1. The first kappa shape index (κ1) is 11.3. The molecule has 17 heavy (non-hydrogen) atoms. The fraction of sp³-hybridized carbons (Fsp3) is 0.143. The molecule has 2 rings (SSSR count). The average Bonchev–Trinajstić information content (AvgIpc) is 2.35. The van der Waals surface area contributed by atoms with Gasteiger partial charge in [-0.1, -0.05) is 36.4 Å². The van der Waals surface area contributed by atoms with E-state index < -0.39 is 5.97 Å². The Hall–Kier alpha value is -2.16. The van der Waals surface area contributed by atoms with Crippen molar-refractivity contribution in [2.75, 3.05) is 0 Å². The maximum atomic E-state index is 11.1. The molecule has 0 amide bonds. The SMILES string of the molecule is O=Cc1c(CCC(=O)O)ccc2ccccc12. The number of hydrogen-bond donors (Lipinski definition) is 1. The number of aldehydes is 1. The van der Waals surface area contributed by atoms with Crippen molar-refractivity contribution in [1.82, 2.24) is 0 Å². The molecule has 0 aliphatic carbocycles. The molecule has 0 fully saturated rings. The van der Waals surface area contributed by atoms with Crippen LogP contribution in [0, 0.1) is 0 Å². The summed E-state index contributed by atoms with van der Waals surface area (Å²) in [5.74, 6) is -0.852. The number of benzene rings is 2. The van der Waals surface area contributed by atoms with Crippen molar-refractivity contribution in [3.05, 3.63) is 47.5 Å². The summed E-state index contributed by atoms with van der Waals surface area (Å²) in [5, 5.41) is 10.5. The summed E-state index contributed by atoms with van der Waals surface area (Å²) >= 11 is 0. The molecule has 86 valence electrons. The summed E-state index contributed by atoms with van der Waals surface area (Å²) in [7, 11) is 0. The third kappa shape index (κ3) is 2.33. The van der Waals surface area contributed by atoms with Gasteiger partial charge in [-0.25, -0.2) is 0 Å². The van der Waals surface area contributed by atoms with Crippen molar-refractivity contribution < 1.29 is 14.7 Å². The maximum Gasteiger partial charge on any atom is 0.303 e. The number of aliphatic carboxylic acids is 1. The van der Waals surface area contributed by atoms with E-state index in [1.54, 1.807) is 0 Å². The molecule has 0 aromatic heterocycles. The van der Waals surface area contributed by atoms with Crippen molar-refractivity contribution in [3.63, 3.8) is 0 Å². The van der Waals surface area contributed by atoms with Gasteiger partial charge in [0.2, 0.25) is 0 Å². The number of hydrogen-bond acceptors (Lipinski definition) is 2. The Morgan fingerprint density at radius 2 is 1.94 bits per heavy atom. The zero-order chi connectivity index (χ0) is 12.3. The summed E-state index contributed by atoms with van der Waals surface area (Å²) in [6.07, 6.45) is 1.23. The lowest BCUT2D eigenvalue weighted by atomic mass is 9.97. The normalized spacial score (nSPS) is 10.4. The monoisotopic (exact) mass is 228 g/mol. The molecule has 2 aromatic carbocycles. The van der Waals surface area contributed by atoms with Crippen LogP contribution >= 0.6 is 0 Å². The second-order valence-electron chi connectivity index (χ2n) is 3.87. The van der Waals surface area contributed by atoms with Gasteiger partial charge in [0.1, 0.15) is 0 Å². The molecule has 3 heteroatoms. The van der Waals surface area contributed by atoms with Gasteiger partial charge in [0, 0.05) is 12.0 Å². The van der Waals surface area contributed by atoms with Gasteiger partial charge in [0.05, 0.1) is 0 Å². The van der Waals surface area contributed by atoms with E-state index in [0.717, 1.165) is 22.6 Å². The summed E-state index contributed by atoms with van der Waals surface area (Å²) in [5.41, 5.74) is 1.39. The highest BCUT2D eigenvalue weighted by Gasteiger charge is 2.08. The van der Waals surface area contributed by atoms with Crippen LogP contribution in [-0.4, -0.2) is 17.4 Å². The third-order valence-corrected chi connectivity index (χ3v) is 2.79. The van der Waals surface area contributed by atoms with E-state index >= 15 is 0 Å². The summed E-state index contributed by atoms with van der Waals surface area (Å²) < 4.78 is 0. The minimum absolute atomic E-state index is 0.0409. The fourth-order valence-corrected chi connectivity index (χ4v) is 1.94. The van der Waals surface area contributed by atoms with Gasteiger partial charge in [-0.15, -0.1) is 0 Å². The Bertz CT molecular complexity index is 573. The molecule has 0 heterocycles. The predicted molar refractivity (Wildman–Crippen MR) is 65.3 cm³/mol. The van der Waals surface area contributed by atoms with Gasteiger partial charge in [-0.3, -0.25) is 9.59 Å². The average molecular weight is 228 g/mol. The lowest BCUT2D eigenvalue weighted by Crippen LogP contribution is -2.00. The first-order valence-electron chi connectivity index (χ1n) is 5.40. The molecule has 0 spiro atoms. The number of carboxylic acid groups (broad SMARTS) is 1. The van der Waals surface area contributed by atoms with Crippen molar-refractivity contribution in [2.24, 2.45) is 0 Å². The molecule has 0 aliphatic heterocycles. The molecule has 0 bridgehead atoms. The van der Waals surface area contributed by atoms with Gasteiger partial charge in [-0.05, 0) is 22.8 Å². The van der Waals surface area contributed by atoms with Crippen LogP contribution in [0.5, 0.6) is 0 Å². The molecule has 0 radical (unpaired) electrons. The quantitative estimate of drug-likeness (QED) is 0.818. The van der Waals surface area contributed by atoms with Crippen LogP contribution in [-0.2, 0) is 11.2 Å². The third-order valence-electron chi connectivity index (χ3n) is 2.79. The summed E-state index contributed by atoms with van der Waals surface area (Å²) in [6.45, 7) is 0. The zero-order valence-corrected chi connectivity index (χ0v) is 9.22. The van der Waals surface area contributed by atoms with E-state index in [-0.39, 0.29) is 6.42 Å². The van der Waals surface area contributed by atoms with Crippen LogP contribution in [0.2, 0.25) is 0 Å². The minimum Gasteiger partial charge on any atom is -0.481 e. The van der Waals surface area contributed by atoms with Crippen LogP contribution in [0.3, 0.4) is 0 Å². The Morgan fingerprint density at radius 3 is 2.65 bits per heavy atom. The largest absolute Gasteiger partial charge is 0.481 e. The molecule has 0 atom stereocenters. The van der Waals surface area contributed by atoms with E-state index in [1.165, 1.54) is 0 Å². The second-order valence-corrected chi connectivity index (χ2v) is 3.87. The van der Waals surface area contributed by atoms with E-state index in [2.05, 4.69) is 0 Å². The maximum absolute atomic E-state index is 11.1. The van der Waals surface area contributed by atoms with Crippen molar-refractivity contribution >= 4 is 23.0 Å². The van der Waals surface area contributed by atoms with Crippen LogP contribution in [0.15, 0.2) is 36.4 Å². The Morgan fingerprint density at radius 1 is 1.18 bits per heavy atom. The highest BCUT2D eigenvalue weighted by atomic mass is 16.4. The van der Waals surface area contributed by atoms with Crippen LogP contribution in [0.1, 0.15) is 22.3 Å². The molecule has 0 unspecified atom stereocenters. The topological polar surface area (TPSA) is 54.4 Å². The van der Waals surface area contributed by atoms with E-state index in [4.69, 9.17) is 5.11 Å². The van der Waals surface area contributed by atoms with Crippen LogP contribution in [0.4, 0.5) is 0 Å². The first-order chi connectivity index (χ1) is 8.22. The predicted octanol–water partition coefficient (Wildman–Crippen LogP) is 2.67. The van der Waals surface area contributed by atoms with Crippen molar-refractivity contribution in [1.29, 1.82) is 0 Å². The number of carbonyl (C=O) groups is 2. The molecule has 2 aromatic rings. The molecule has 0 aliphatic rings. The smallest absolute Gasteiger partial charge is 0.303 e. The zero-order valence-electron chi connectivity index (χ0n) is 9.22. The molecule has 0 saturated heterocycles. The van der Waals surface area contributed by atoms with E-state index in [1.807, 2.05) is 36.4 Å². The fourth-order valence-electron chi connectivity index (χ4n) is 1.94. The second kappa shape index (κ2) is 4.78. The minimum atomic E-state index is -0.852. The standard InChI is InChI=1S/C14H12O3/c15-9-13-11(7-8-14(16)17)6-5-10-3-1-2-4-12(10)13/h1-6,9H,7-8H2,(H,16,17). The van der Waals surface area contributed by atoms with Crippen LogP contribution < -0.4 is 0 Å². The number of aryl methyl sites for hydroxylation is 1. The number of rotatable bonds is 4. The Labute approximate surface area is 98.7 Å². The number of fused-ring (bicyclic) bond motifs is 1. The highest BCUT2D eigenvalue weighted by molar-refractivity contribution is 5.99. The van der Waals surface area contributed by atoms with Crippen molar-refractivity contribution in [3.8, 4) is 0 Å². The summed E-state index contributed by atoms with van der Waals surface area (Å²) in [4.78, 5) is 21.7. The Balaban J connectivity index is 2.49. The van der Waals surface area contributed by atoms with Crippen LogP contribution in [0.25, 0.3) is 10.8 Å².